The van der Waals surface area contributed by atoms with Crippen molar-refractivity contribution in [3.63, 3.8) is 0 Å². The van der Waals surface area contributed by atoms with Crippen LogP contribution in [0, 0.1) is 0 Å². The lowest BCUT2D eigenvalue weighted by atomic mass is 9.76. The molecule has 0 bridgehead atoms. The molecular formula is C18H20N2O. The largest absolute Gasteiger partial charge is 0.392 e. The normalized spacial score (nSPS) is 24.7. The number of fused-ring (bicyclic) bond motifs is 2. The maximum absolute atomic E-state index is 9.59. The van der Waals surface area contributed by atoms with Gasteiger partial charge in [-0.3, -0.25) is 4.90 Å². The van der Waals surface area contributed by atoms with Crippen molar-refractivity contribution in [3.05, 3.63) is 59.8 Å². The first-order chi connectivity index (χ1) is 10.3. The van der Waals surface area contributed by atoms with Gasteiger partial charge in [0.25, 0.3) is 0 Å². The van der Waals surface area contributed by atoms with Gasteiger partial charge in [-0.25, -0.2) is 0 Å². The van der Waals surface area contributed by atoms with Crippen molar-refractivity contribution in [1.29, 1.82) is 0 Å². The summed E-state index contributed by atoms with van der Waals surface area (Å²) in [6, 6.07) is 6.97. The van der Waals surface area contributed by atoms with E-state index < -0.39 is 0 Å². The summed E-state index contributed by atoms with van der Waals surface area (Å²) in [5.41, 5.74) is 5.14. The molecule has 2 atom stereocenters. The lowest BCUT2D eigenvalue weighted by molar-refractivity contribution is 0.188. The van der Waals surface area contributed by atoms with Crippen molar-refractivity contribution >= 4 is 10.9 Å². The molecule has 1 aromatic heterocycles. The minimum atomic E-state index is 0.146. The second kappa shape index (κ2) is 4.86. The van der Waals surface area contributed by atoms with E-state index in [1.54, 1.807) is 0 Å². The molecule has 0 radical (unpaired) electrons. The number of aromatic amines is 1. The third kappa shape index (κ3) is 1.88. The molecule has 3 heteroatoms. The summed E-state index contributed by atoms with van der Waals surface area (Å²) < 4.78 is 0. The van der Waals surface area contributed by atoms with Crippen molar-refractivity contribution in [2.24, 2.45) is 0 Å². The van der Waals surface area contributed by atoms with E-state index in [0.717, 1.165) is 25.1 Å². The van der Waals surface area contributed by atoms with Crippen LogP contribution >= 0.6 is 0 Å². The fourth-order valence-corrected chi connectivity index (χ4v) is 3.99. The average Bonchev–Trinajstić information content (AvgIpc) is 2.93. The Morgan fingerprint density at radius 3 is 3.14 bits per heavy atom. The first kappa shape index (κ1) is 12.9. The van der Waals surface area contributed by atoms with Crippen LogP contribution < -0.4 is 0 Å². The summed E-state index contributed by atoms with van der Waals surface area (Å²) in [5, 5.41) is 11.0. The van der Waals surface area contributed by atoms with Crippen LogP contribution in [-0.2, 0) is 6.42 Å². The maximum Gasteiger partial charge on any atom is 0.0654 e. The van der Waals surface area contributed by atoms with Crippen molar-refractivity contribution in [2.45, 2.75) is 18.4 Å². The maximum atomic E-state index is 9.59. The first-order valence-electron chi connectivity index (χ1n) is 7.56. The van der Waals surface area contributed by atoms with Crippen LogP contribution in [0.2, 0.25) is 0 Å². The molecule has 3 nitrogen and oxygen atoms in total. The molecule has 0 saturated heterocycles. The van der Waals surface area contributed by atoms with E-state index in [0.29, 0.717) is 12.0 Å². The predicted molar refractivity (Wildman–Crippen MR) is 85.5 cm³/mol. The van der Waals surface area contributed by atoms with Crippen molar-refractivity contribution in [1.82, 2.24) is 9.88 Å². The van der Waals surface area contributed by atoms with Crippen LogP contribution in [0.5, 0.6) is 0 Å². The van der Waals surface area contributed by atoms with Gasteiger partial charge in [-0.1, -0.05) is 24.3 Å². The molecule has 0 saturated carbocycles. The summed E-state index contributed by atoms with van der Waals surface area (Å²) in [6.07, 6.45) is 7.46. The second-order valence-electron chi connectivity index (χ2n) is 6.08. The smallest absolute Gasteiger partial charge is 0.0654 e. The summed E-state index contributed by atoms with van der Waals surface area (Å²) in [5.74, 6) is 0.368. The van der Waals surface area contributed by atoms with Crippen LogP contribution in [0.15, 0.2) is 48.7 Å². The third-order valence-electron chi connectivity index (χ3n) is 4.88. The number of aromatic nitrogens is 1. The summed E-state index contributed by atoms with van der Waals surface area (Å²) in [7, 11) is 0. The number of benzene rings is 1. The summed E-state index contributed by atoms with van der Waals surface area (Å²) in [6.45, 7) is 5.75. The Balaban J connectivity index is 1.88. The Morgan fingerprint density at radius 1 is 1.43 bits per heavy atom. The van der Waals surface area contributed by atoms with Gasteiger partial charge in [0.05, 0.1) is 6.61 Å². The van der Waals surface area contributed by atoms with Crippen LogP contribution in [-0.4, -0.2) is 40.7 Å². The van der Waals surface area contributed by atoms with Crippen molar-refractivity contribution < 1.29 is 5.11 Å². The van der Waals surface area contributed by atoms with Gasteiger partial charge in [0.2, 0.25) is 0 Å². The molecule has 2 aromatic rings. The molecule has 1 aliphatic heterocycles. The number of aliphatic hydroxyl groups is 1. The van der Waals surface area contributed by atoms with Crippen molar-refractivity contribution in [3.8, 4) is 0 Å². The Morgan fingerprint density at radius 2 is 2.33 bits per heavy atom. The van der Waals surface area contributed by atoms with E-state index in [1.807, 2.05) is 6.08 Å². The molecule has 0 spiro atoms. The summed E-state index contributed by atoms with van der Waals surface area (Å²) >= 11 is 0. The Kier molecular flexibility index (Phi) is 2.98. The highest BCUT2D eigenvalue weighted by Gasteiger charge is 2.36. The fraction of sp³-hybridized carbons (Fsp3) is 0.333. The van der Waals surface area contributed by atoms with E-state index in [2.05, 4.69) is 46.9 Å². The van der Waals surface area contributed by atoms with Gasteiger partial charge >= 0.3 is 0 Å². The van der Waals surface area contributed by atoms with Crippen LogP contribution in [0.3, 0.4) is 0 Å². The molecule has 0 fully saturated rings. The number of H-pyrrole nitrogens is 1. The molecule has 2 aliphatic rings. The van der Waals surface area contributed by atoms with Gasteiger partial charge in [-0.15, -0.1) is 6.58 Å². The topological polar surface area (TPSA) is 39.3 Å². The molecular weight excluding hydrogens is 260 g/mol. The second-order valence-corrected chi connectivity index (χ2v) is 6.08. The fourth-order valence-electron chi connectivity index (χ4n) is 3.99. The van der Waals surface area contributed by atoms with Gasteiger partial charge in [0.1, 0.15) is 0 Å². The van der Waals surface area contributed by atoms with Crippen LogP contribution in [0.25, 0.3) is 10.9 Å². The predicted octanol–water partition coefficient (Wildman–Crippen LogP) is 2.60. The van der Waals surface area contributed by atoms with Crippen LogP contribution in [0.4, 0.5) is 0 Å². The number of nitrogens with zero attached hydrogens (tertiary/aromatic N) is 1. The zero-order valence-electron chi connectivity index (χ0n) is 12.0. The van der Waals surface area contributed by atoms with Gasteiger partial charge in [-0.2, -0.15) is 0 Å². The van der Waals surface area contributed by atoms with Gasteiger partial charge in [-0.05, 0) is 29.2 Å². The molecule has 0 amide bonds. The number of nitrogens with one attached hydrogen (secondary N) is 1. The highest BCUT2D eigenvalue weighted by atomic mass is 16.3. The minimum Gasteiger partial charge on any atom is -0.392 e. The average molecular weight is 280 g/mol. The van der Waals surface area contributed by atoms with E-state index >= 15 is 0 Å². The Bertz CT molecular complexity index is 728. The van der Waals surface area contributed by atoms with Gasteiger partial charge in [0.15, 0.2) is 0 Å². The molecule has 2 N–H and O–H groups in total. The number of aliphatic hydroxyl groups excluding tert-OH is 1. The SMILES string of the molecule is C=CCN1CC(CO)=C[C@@H]2c3cccc4[nH]cc(c34)C[C@H]21. The molecule has 4 rings (SSSR count). The minimum absolute atomic E-state index is 0.146. The van der Waals surface area contributed by atoms with Gasteiger partial charge in [0, 0.05) is 42.1 Å². The molecule has 21 heavy (non-hydrogen) atoms. The summed E-state index contributed by atoms with van der Waals surface area (Å²) in [4.78, 5) is 5.84. The first-order valence-corrected chi connectivity index (χ1v) is 7.56. The highest BCUT2D eigenvalue weighted by Crippen LogP contribution is 2.42. The zero-order valence-corrected chi connectivity index (χ0v) is 12.0. The molecule has 1 aromatic carbocycles. The molecule has 1 aliphatic carbocycles. The molecule has 108 valence electrons. The zero-order chi connectivity index (χ0) is 14.4. The number of hydrogen-bond acceptors (Lipinski definition) is 2. The lowest BCUT2D eigenvalue weighted by Gasteiger charge is -2.42. The van der Waals surface area contributed by atoms with E-state index in [9.17, 15) is 5.11 Å². The van der Waals surface area contributed by atoms with E-state index in [1.165, 1.54) is 22.0 Å². The van der Waals surface area contributed by atoms with E-state index in [-0.39, 0.29) is 6.61 Å². The van der Waals surface area contributed by atoms with Crippen molar-refractivity contribution in [2.75, 3.05) is 19.7 Å². The molecule has 2 heterocycles. The monoisotopic (exact) mass is 280 g/mol. The highest BCUT2D eigenvalue weighted by molar-refractivity contribution is 5.88. The lowest BCUT2D eigenvalue weighted by Crippen LogP contribution is -2.46. The third-order valence-corrected chi connectivity index (χ3v) is 4.88. The standard InChI is InChI=1S/C18H20N2O/c1-2-6-20-10-12(11-21)7-15-14-4-3-5-16-18(14)13(9-19-16)8-17(15)20/h2-5,7,9,15,17,19,21H,1,6,8,10-11H2/t15-,17-/m1/s1. The Labute approximate surface area is 124 Å². The van der Waals surface area contributed by atoms with Gasteiger partial charge < -0.3 is 10.1 Å². The van der Waals surface area contributed by atoms with Crippen LogP contribution in [0.1, 0.15) is 17.0 Å². The Hall–Kier alpha value is -1.84. The number of rotatable bonds is 3. The molecule has 0 unspecified atom stereocenters. The van der Waals surface area contributed by atoms with E-state index in [4.69, 9.17) is 0 Å². The quantitative estimate of drug-likeness (QED) is 0.848. The number of hydrogen-bond donors (Lipinski definition) is 2.